The first-order valence-electron chi connectivity index (χ1n) is 9.98. The quantitative estimate of drug-likeness (QED) is 0.384. The fraction of sp³-hybridized carbons (Fsp3) is 0.550. The number of methoxy groups -OCH3 is 2. The molecule has 2 aliphatic heterocycles. The largest absolute Gasteiger partial charge is 0.490 e. The fourth-order valence-electron chi connectivity index (χ4n) is 3.88. The van der Waals surface area contributed by atoms with E-state index in [1.54, 1.807) is 18.8 Å². The number of hydrogen-bond acceptors (Lipinski definition) is 8. The number of benzene rings is 1. The van der Waals surface area contributed by atoms with E-state index in [4.69, 9.17) is 18.9 Å². The van der Waals surface area contributed by atoms with Gasteiger partial charge in [0, 0.05) is 63.8 Å². The van der Waals surface area contributed by atoms with Crippen LogP contribution in [0.1, 0.15) is 19.3 Å². The predicted molar refractivity (Wildman–Crippen MR) is 108 cm³/mol. The highest BCUT2D eigenvalue weighted by Gasteiger charge is 2.34. The third kappa shape index (κ3) is 4.19. The van der Waals surface area contributed by atoms with Gasteiger partial charge in [0.25, 0.3) is 0 Å². The monoisotopic (exact) mass is 418 g/mol. The summed E-state index contributed by atoms with van der Waals surface area (Å²) >= 11 is 0. The Morgan fingerprint density at radius 1 is 1.20 bits per heavy atom. The third-order valence-corrected chi connectivity index (χ3v) is 5.79. The van der Waals surface area contributed by atoms with Crippen LogP contribution in [-0.4, -0.2) is 60.3 Å². The highest BCUT2D eigenvalue weighted by atomic mass is 16.7. The highest BCUT2D eigenvalue weighted by Crippen LogP contribution is 2.30. The Balaban J connectivity index is 1.29. The molecule has 3 heterocycles. The van der Waals surface area contributed by atoms with Gasteiger partial charge in [-0.2, -0.15) is 0 Å². The molecule has 162 valence electrons. The number of anilines is 1. The summed E-state index contributed by atoms with van der Waals surface area (Å²) in [6.07, 6.45) is 3.52. The number of rotatable bonds is 7. The first-order chi connectivity index (χ1) is 14.5. The van der Waals surface area contributed by atoms with Crippen molar-refractivity contribution in [2.24, 2.45) is 0 Å². The molecule has 0 unspecified atom stereocenters. The summed E-state index contributed by atoms with van der Waals surface area (Å²) in [6, 6.07) is 8.24. The highest BCUT2D eigenvalue weighted by molar-refractivity contribution is 5.49. The molecule has 4 rings (SSSR count). The van der Waals surface area contributed by atoms with Crippen molar-refractivity contribution < 1.29 is 23.9 Å². The lowest BCUT2D eigenvalue weighted by molar-refractivity contribution is -0.389. The van der Waals surface area contributed by atoms with Gasteiger partial charge in [-0.15, -0.1) is 0 Å². The third-order valence-electron chi connectivity index (χ3n) is 5.79. The van der Waals surface area contributed by atoms with Gasteiger partial charge in [-0.3, -0.25) is 4.57 Å². The van der Waals surface area contributed by atoms with Crippen molar-refractivity contribution >= 4 is 11.5 Å². The van der Waals surface area contributed by atoms with Crippen LogP contribution in [0.5, 0.6) is 11.8 Å². The molecule has 30 heavy (non-hydrogen) atoms. The van der Waals surface area contributed by atoms with E-state index in [0.29, 0.717) is 19.6 Å². The molecule has 0 spiro atoms. The summed E-state index contributed by atoms with van der Waals surface area (Å²) in [4.78, 5) is 16.5. The number of hydrogen-bond donors (Lipinski definition) is 0. The van der Waals surface area contributed by atoms with Crippen LogP contribution in [0.4, 0.5) is 11.5 Å². The predicted octanol–water partition coefficient (Wildman–Crippen LogP) is 2.61. The molecule has 10 heteroatoms. The van der Waals surface area contributed by atoms with Gasteiger partial charge in [0.1, 0.15) is 24.7 Å². The van der Waals surface area contributed by atoms with Gasteiger partial charge in [-0.25, -0.2) is 0 Å². The minimum Gasteiger partial charge on any atom is -0.490 e. The molecule has 1 fully saturated rings. The van der Waals surface area contributed by atoms with Gasteiger partial charge in [-0.05, 0) is 29.2 Å². The number of fused-ring (bicyclic) bond motifs is 1. The van der Waals surface area contributed by atoms with E-state index < -0.39 is 10.7 Å². The Morgan fingerprint density at radius 2 is 1.90 bits per heavy atom. The molecule has 2 aliphatic rings. The van der Waals surface area contributed by atoms with Crippen molar-refractivity contribution in [1.82, 2.24) is 9.55 Å². The average Bonchev–Trinajstić information content (AvgIpc) is 3.22. The van der Waals surface area contributed by atoms with E-state index in [-0.39, 0.29) is 17.9 Å². The second-order valence-electron chi connectivity index (χ2n) is 7.47. The number of aromatic nitrogens is 2. The van der Waals surface area contributed by atoms with Crippen LogP contribution < -0.4 is 14.4 Å². The molecule has 0 bridgehead atoms. The van der Waals surface area contributed by atoms with Crippen molar-refractivity contribution in [3.05, 3.63) is 40.6 Å². The first kappa shape index (κ1) is 20.4. The van der Waals surface area contributed by atoms with Crippen molar-refractivity contribution in [3.63, 3.8) is 0 Å². The Kier molecular flexibility index (Phi) is 5.78. The number of aryl methyl sites for hydroxylation is 1. The van der Waals surface area contributed by atoms with E-state index in [2.05, 4.69) is 9.88 Å². The van der Waals surface area contributed by atoms with E-state index in [1.165, 1.54) is 6.20 Å². The molecule has 1 atom stereocenters. The van der Waals surface area contributed by atoms with E-state index in [1.807, 2.05) is 24.3 Å². The molecule has 10 nitrogen and oxygen atoms in total. The SMILES string of the molecule is COC1(OC)CCN(c2ccc(OC[C@@H]3CCn4cc([N+](=O)[O-])nc4O3)cc2)CC1. The Labute approximate surface area is 174 Å². The molecule has 0 amide bonds. The van der Waals surface area contributed by atoms with Gasteiger partial charge >= 0.3 is 11.8 Å². The van der Waals surface area contributed by atoms with E-state index in [9.17, 15) is 10.1 Å². The van der Waals surface area contributed by atoms with Crippen LogP contribution in [0.15, 0.2) is 30.5 Å². The zero-order chi connectivity index (χ0) is 21.1. The summed E-state index contributed by atoms with van der Waals surface area (Å²) < 4.78 is 24.3. The lowest BCUT2D eigenvalue weighted by Crippen LogP contribution is -2.46. The molecule has 1 aromatic carbocycles. The van der Waals surface area contributed by atoms with Crippen LogP contribution >= 0.6 is 0 Å². The normalized spacial score (nSPS) is 20.3. The van der Waals surface area contributed by atoms with Gasteiger partial charge in [-0.1, -0.05) is 0 Å². The minimum absolute atomic E-state index is 0.197. The van der Waals surface area contributed by atoms with Crippen molar-refractivity contribution in [1.29, 1.82) is 0 Å². The van der Waals surface area contributed by atoms with Gasteiger partial charge in [0.15, 0.2) is 5.79 Å². The van der Waals surface area contributed by atoms with Gasteiger partial charge in [0.05, 0.1) is 0 Å². The summed E-state index contributed by atoms with van der Waals surface area (Å²) in [6.45, 7) is 2.68. The van der Waals surface area contributed by atoms with Gasteiger partial charge in [0.2, 0.25) is 0 Å². The summed E-state index contributed by atoms with van der Waals surface area (Å²) in [7, 11) is 3.38. The van der Waals surface area contributed by atoms with Crippen LogP contribution in [0.3, 0.4) is 0 Å². The summed E-state index contributed by atoms with van der Waals surface area (Å²) in [5, 5.41) is 10.8. The topological polar surface area (TPSA) is 101 Å². The number of imidazole rings is 1. The second-order valence-corrected chi connectivity index (χ2v) is 7.47. The summed E-state index contributed by atoms with van der Waals surface area (Å²) in [5.41, 5.74) is 1.13. The molecule has 1 saturated heterocycles. The number of ether oxygens (including phenoxy) is 4. The molecule has 0 N–H and O–H groups in total. The maximum absolute atomic E-state index is 10.8. The van der Waals surface area contributed by atoms with Crippen LogP contribution in [0.25, 0.3) is 0 Å². The van der Waals surface area contributed by atoms with Gasteiger partial charge < -0.3 is 34.0 Å². The molecule has 0 saturated carbocycles. The van der Waals surface area contributed by atoms with Crippen molar-refractivity contribution in [2.75, 3.05) is 38.8 Å². The van der Waals surface area contributed by atoms with E-state index >= 15 is 0 Å². The Hall–Kier alpha value is -2.85. The Bertz CT molecular complexity index is 870. The zero-order valence-corrected chi connectivity index (χ0v) is 17.2. The maximum atomic E-state index is 10.8. The number of nitrogens with zero attached hydrogens (tertiary/aromatic N) is 4. The van der Waals surface area contributed by atoms with Crippen LogP contribution in [0, 0.1) is 10.1 Å². The smallest absolute Gasteiger partial charge is 0.414 e. The van der Waals surface area contributed by atoms with E-state index in [0.717, 1.165) is 37.4 Å². The molecular formula is C20H26N4O6. The molecular weight excluding hydrogens is 392 g/mol. The zero-order valence-electron chi connectivity index (χ0n) is 17.2. The van der Waals surface area contributed by atoms with Crippen LogP contribution in [-0.2, 0) is 16.0 Å². The average molecular weight is 418 g/mol. The first-order valence-corrected chi connectivity index (χ1v) is 9.98. The standard InChI is InChI=1S/C20H26N4O6/c1-27-20(28-2)8-11-22(12-9-20)15-3-5-16(6-4-15)29-14-17-7-10-23-13-18(24(25)26)21-19(23)30-17/h3-6,13,17H,7-12,14H2,1-2H3/t17-/m0/s1. The van der Waals surface area contributed by atoms with Crippen molar-refractivity contribution in [3.8, 4) is 11.8 Å². The second kappa shape index (κ2) is 8.49. The van der Waals surface area contributed by atoms with Crippen LogP contribution in [0.2, 0.25) is 0 Å². The maximum Gasteiger partial charge on any atom is 0.414 e. The molecule has 0 radical (unpaired) electrons. The lowest BCUT2D eigenvalue weighted by atomic mass is 10.0. The lowest BCUT2D eigenvalue weighted by Gasteiger charge is -2.40. The Morgan fingerprint density at radius 3 is 2.53 bits per heavy atom. The summed E-state index contributed by atoms with van der Waals surface area (Å²) in [5.74, 6) is 0.0739. The van der Waals surface area contributed by atoms with Crippen molar-refractivity contribution in [2.45, 2.75) is 37.7 Å². The molecule has 2 aromatic rings. The molecule has 0 aliphatic carbocycles. The molecule has 1 aromatic heterocycles. The number of piperidine rings is 1. The fourth-order valence-corrected chi connectivity index (χ4v) is 3.88. The number of nitro groups is 1. The minimum atomic E-state index is -0.519.